The van der Waals surface area contributed by atoms with Crippen LogP contribution in [0, 0.1) is 13.8 Å². The molecule has 164 valence electrons. The number of hydrogen-bond acceptors (Lipinski definition) is 5. The van der Waals surface area contributed by atoms with Crippen molar-refractivity contribution >= 4 is 23.3 Å². The summed E-state index contributed by atoms with van der Waals surface area (Å²) in [6, 6.07) is 11.5. The molecule has 1 amide bonds. The highest BCUT2D eigenvalue weighted by Crippen LogP contribution is 2.31. The van der Waals surface area contributed by atoms with E-state index in [0.29, 0.717) is 36.0 Å². The molecule has 0 unspecified atom stereocenters. The summed E-state index contributed by atoms with van der Waals surface area (Å²) in [5.41, 5.74) is 11.9. The third-order valence-corrected chi connectivity index (χ3v) is 5.80. The summed E-state index contributed by atoms with van der Waals surface area (Å²) in [7, 11) is 1.77. The third-order valence-electron chi connectivity index (χ3n) is 5.56. The molecule has 32 heavy (non-hydrogen) atoms. The van der Waals surface area contributed by atoms with E-state index < -0.39 is 0 Å². The van der Waals surface area contributed by atoms with Gasteiger partial charge in [0.1, 0.15) is 5.69 Å². The Hall–Kier alpha value is -3.29. The average molecular weight is 449 g/mol. The fourth-order valence-corrected chi connectivity index (χ4v) is 4.03. The second-order valence-electron chi connectivity index (χ2n) is 7.78. The molecule has 0 spiro atoms. The molecule has 3 heterocycles. The van der Waals surface area contributed by atoms with Crippen LogP contribution in [0.1, 0.15) is 33.0 Å². The first-order valence-corrected chi connectivity index (χ1v) is 10.8. The van der Waals surface area contributed by atoms with Crippen molar-refractivity contribution in [3.8, 4) is 11.3 Å². The van der Waals surface area contributed by atoms with E-state index in [1.807, 2.05) is 54.6 Å². The number of hydrogen-bond donors (Lipinski definition) is 1. The molecular weight excluding hydrogens is 424 g/mol. The number of nitrogens with zero attached hydrogens (tertiary/aromatic N) is 5. The Labute approximate surface area is 191 Å². The first-order valence-electron chi connectivity index (χ1n) is 10.4. The van der Waals surface area contributed by atoms with Gasteiger partial charge in [0.2, 0.25) is 5.78 Å². The summed E-state index contributed by atoms with van der Waals surface area (Å²) in [5.74, 6) is 0.294. The minimum Gasteiger partial charge on any atom is -0.340 e. The van der Waals surface area contributed by atoms with Crippen molar-refractivity contribution in [2.24, 2.45) is 5.73 Å². The van der Waals surface area contributed by atoms with Crippen molar-refractivity contribution in [1.29, 1.82) is 0 Å². The second-order valence-corrected chi connectivity index (χ2v) is 8.22. The highest BCUT2D eigenvalue weighted by molar-refractivity contribution is 6.30. The molecule has 3 aromatic heterocycles. The maximum atomic E-state index is 13.1. The average Bonchev–Trinajstić information content (AvgIpc) is 3.20. The van der Waals surface area contributed by atoms with Crippen molar-refractivity contribution in [2.75, 3.05) is 13.6 Å². The van der Waals surface area contributed by atoms with Crippen LogP contribution in [0.4, 0.5) is 0 Å². The number of nitrogens with two attached hydrogens (primary N) is 1. The summed E-state index contributed by atoms with van der Waals surface area (Å²) >= 11 is 6.17. The summed E-state index contributed by atoms with van der Waals surface area (Å²) < 4.78 is 1.85. The number of aryl methyl sites for hydroxylation is 2. The van der Waals surface area contributed by atoms with Gasteiger partial charge in [0.05, 0.1) is 5.69 Å². The number of fused-ring (bicyclic) bond motifs is 1. The van der Waals surface area contributed by atoms with Crippen LogP contribution < -0.4 is 5.73 Å². The third kappa shape index (κ3) is 4.22. The van der Waals surface area contributed by atoms with E-state index >= 15 is 0 Å². The zero-order valence-corrected chi connectivity index (χ0v) is 19.1. The van der Waals surface area contributed by atoms with E-state index in [1.54, 1.807) is 24.3 Å². The van der Waals surface area contributed by atoms with Gasteiger partial charge in [0.15, 0.2) is 0 Å². The van der Waals surface area contributed by atoms with E-state index in [4.69, 9.17) is 17.3 Å². The number of pyridine rings is 1. The minimum atomic E-state index is -0.169. The van der Waals surface area contributed by atoms with Crippen LogP contribution >= 0.6 is 11.6 Å². The van der Waals surface area contributed by atoms with Crippen LogP contribution in [0.15, 0.2) is 48.8 Å². The summed E-state index contributed by atoms with van der Waals surface area (Å²) in [4.78, 5) is 28.2. The van der Waals surface area contributed by atoms with E-state index in [0.717, 1.165) is 33.8 Å². The van der Waals surface area contributed by atoms with Crippen LogP contribution in [0.2, 0.25) is 5.02 Å². The van der Waals surface area contributed by atoms with Crippen LogP contribution in [-0.2, 0) is 13.0 Å². The van der Waals surface area contributed by atoms with Gasteiger partial charge in [0, 0.05) is 66.5 Å². The van der Waals surface area contributed by atoms with Crippen LogP contribution in [0.3, 0.4) is 0 Å². The van der Waals surface area contributed by atoms with Crippen molar-refractivity contribution in [2.45, 2.75) is 26.8 Å². The number of carbonyl (C=O) groups excluding carboxylic acids is 1. The molecule has 0 aliphatic heterocycles. The number of imidazole rings is 1. The molecule has 4 aromatic rings. The fourth-order valence-electron chi connectivity index (χ4n) is 3.81. The molecule has 0 fully saturated rings. The normalized spacial score (nSPS) is 11.2. The lowest BCUT2D eigenvalue weighted by Crippen LogP contribution is -2.29. The highest BCUT2D eigenvalue weighted by Gasteiger charge is 2.21. The van der Waals surface area contributed by atoms with Gasteiger partial charge in [-0.15, -0.1) is 0 Å². The molecule has 0 bridgehead atoms. The van der Waals surface area contributed by atoms with Gasteiger partial charge in [-0.25, -0.2) is 9.97 Å². The lowest BCUT2D eigenvalue weighted by atomic mass is 10.00. The minimum absolute atomic E-state index is 0.169. The molecule has 0 radical (unpaired) electrons. The highest BCUT2D eigenvalue weighted by atomic mass is 35.5. The molecule has 4 rings (SSSR count). The monoisotopic (exact) mass is 448 g/mol. The number of benzene rings is 1. The van der Waals surface area contributed by atoms with Gasteiger partial charge < -0.3 is 10.6 Å². The fraction of sp³-hybridized carbons (Fsp3) is 0.250. The summed E-state index contributed by atoms with van der Waals surface area (Å²) in [5, 5.41) is 0.665. The Kier molecular flexibility index (Phi) is 6.21. The van der Waals surface area contributed by atoms with E-state index in [1.165, 1.54) is 0 Å². The summed E-state index contributed by atoms with van der Waals surface area (Å²) in [6.45, 7) is 4.76. The van der Waals surface area contributed by atoms with Gasteiger partial charge >= 0.3 is 0 Å². The standard InChI is InChI=1S/C24H25ClN6O/c1-15-12-17(25)7-8-19(15)22-20(13-26)16(2)28-24-29-21(14-31(22)24)23(32)30(3)11-9-18-6-4-5-10-27-18/h4-8,10,12,14H,9,11,13,26H2,1-3H3. The molecule has 2 N–H and O–H groups in total. The number of carbonyl (C=O) groups is 1. The van der Waals surface area contributed by atoms with E-state index in [-0.39, 0.29) is 5.91 Å². The first-order chi connectivity index (χ1) is 15.4. The zero-order chi connectivity index (χ0) is 22.8. The van der Waals surface area contributed by atoms with Gasteiger partial charge in [-0.1, -0.05) is 23.7 Å². The largest absolute Gasteiger partial charge is 0.340 e. The quantitative estimate of drug-likeness (QED) is 0.484. The SMILES string of the molecule is Cc1cc(Cl)ccc1-c1c(CN)c(C)nc2nc(C(=O)N(C)CCc3ccccn3)cn12. The molecular formula is C24H25ClN6O. The van der Waals surface area contributed by atoms with Gasteiger partial charge in [-0.3, -0.25) is 14.2 Å². The lowest BCUT2D eigenvalue weighted by Gasteiger charge is -2.16. The van der Waals surface area contributed by atoms with E-state index in [2.05, 4.69) is 15.0 Å². The molecule has 0 aliphatic carbocycles. The predicted octanol–water partition coefficient (Wildman–Crippen LogP) is 3.83. The number of rotatable bonds is 6. The van der Waals surface area contributed by atoms with E-state index in [9.17, 15) is 4.79 Å². The molecule has 1 aromatic carbocycles. The zero-order valence-electron chi connectivity index (χ0n) is 18.3. The van der Waals surface area contributed by atoms with Crippen LogP contribution in [0.5, 0.6) is 0 Å². The van der Waals surface area contributed by atoms with Crippen LogP contribution in [-0.4, -0.2) is 43.8 Å². The number of halogens is 1. The molecule has 0 saturated heterocycles. The summed E-state index contributed by atoms with van der Waals surface area (Å²) in [6.07, 6.45) is 4.16. The van der Waals surface area contributed by atoms with Crippen molar-refractivity contribution in [3.05, 3.63) is 82.0 Å². The maximum Gasteiger partial charge on any atom is 0.273 e. The number of aromatic nitrogens is 4. The molecule has 0 aliphatic rings. The maximum absolute atomic E-state index is 13.1. The van der Waals surface area contributed by atoms with Crippen LogP contribution in [0.25, 0.3) is 17.0 Å². The van der Waals surface area contributed by atoms with Gasteiger partial charge in [0.25, 0.3) is 5.91 Å². The van der Waals surface area contributed by atoms with Crippen molar-refractivity contribution < 1.29 is 4.79 Å². The van der Waals surface area contributed by atoms with Gasteiger partial charge in [-0.2, -0.15) is 0 Å². The molecule has 8 heteroatoms. The topological polar surface area (TPSA) is 89.4 Å². The lowest BCUT2D eigenvalue weighted by molar-refractivity contribution is 0.0791. The molecule has 0 saturated carbocycles. The second kappa shape index (κ2) is 9.06. The Morgan fingerprint density at radius 1 is 1.19 bits per heavy atom. The Morgan fingerprint density at radius 3 is 2.69 bits per heavy atom. The Balaban J connectivity index is 1.72. The predicted molar refractivity (Wildman–Crippen MR) is 126 cm³/mol. The van der Waals surface area contributed by atoms with Crippen molar-refractivity contribution in [1.82, 2.24) is 24.3 Å². The Morgan fingerprint density at radius 2 is 2.00 bits per heavy atom. The Bertz CT molecular complexity index is 1280. The smallest absolute Gasteiger partial charge is 0.273 e. The van der Waals surface area contributed by atoms with Crippen molar-refractivity contribution in [3.63, 3.8) is 0 Å². The number of likely N-dealkylation sites (N-methyl/N-ethyl adjacent to an activating group) is 1. The number of amides is 1. The molecule has 0 atom stereocenters. The first kappa shape index (κ1) is 21.9. The van der Waals surface area contributed by atoms with Gasteiger partial charge in [-0.05, 0) is 43.7 Å². The molecule has 7 nitrogen and oxygen atoms in total.